The zero-order valence-corrected chi connectivity index (χ0v) is 44.5. The third-order valence-electron chi connectivity index (χ3n) is 13.2. The van der Waals surface area contributed by atoms with E-state index in [4.69, 9.17) is 4.74 Å². The molecular formula is C61H111NO5. The number of amides is 1. The van der Waals surface area contributed by atoms with Gasteiger partial charge in [-0.25, -0.2) is 0 Å². The van der Waals surface area contributed by atoms with Gasteiger partial charge in [0.1, 0.15) is 6.10 Å². The molecule has 3 unspecified atom stereocenters. The van der Waals surface area contributed by atoms with Gasteiger partial charge in [-0.1, -0.05) is 293 Å². The van der Waals surface area contributed by atoms with Crippen molar-refractivity contribution >= 4 is 11.9 Å². The van der Waals surface area contributed by atoms with Gasteiger partial charge in [0, 0.05) is 6.42 Å². The molecule has 0 radical (unpaired) electrons. The topological polar surface area (TPSA) is 95.9 Å². The SMILES string of the molecule is CC/C=C/C=C/C=C\C=C/C=C/CCCCCC(=O)OC(CCCCCCCCCCCCCCCCCCC)CC(=O)NC(CO)C(O)CCCCCCCCCCCCCCCCCC. The van der Waals surface area contributed by atoms with Crippen molar-refractivity contribution in [2.75, 3.05) is 6.61 Å². The van der Waals surface area contributed by atoms with E-state index in [0.717, 1.165) is 70.6 Å². The average molecular weight is 939 g/mol. The highest BCUT2D eigenvalue weighted by molar-refractivity contribution is 5.77. The number of esters is 1. The lowest BCUT2D eigenvalue weighted by Crippen LogP contribution is -2.46. The fraction of sp³-hybridized carbons (Fsp3) is 0.803. The molecular weight excluding hydrogens is 827 g/mol. The van der Waals surface area contributed by atoms with Gasteiger partial charge in [-0.2, -0.15) is 0 Å². The summed E-state index contributed by atoms with van der Waals surface area (Å²) in [5.74, 6) is -0.511. The molecule has 67 heavy (non-hydrogen) atoms. The third kappa shape index (κ3) is 49.8. The Kier molecular flexibility index (Phi) is 52.5. The van der Waals surface area contributed by atoms with E-state index in [1.54, 1.807) is 0 Å². The molecule has 0 aliphatic heterocycles. The zero-order chi connectivity index (χ0) is 48.8. The molecule has 0 bridgehead atoms. The van der Waals surface area contributed by atoms with Crippen molar-refractivity contribution in [2.45, 2.75) is 309 Å². The van der Waals surface area contributed by atoms with E-state index < -0.39 is 18.2 Å². The Morgan fingerprint density at radius 3 is 1.21 bits per heavy atom. The Labute approximate surface area is 416 Å². The van der Waals surface area contributed by atoms with E-state index in [0.29, 0.717) is 19.3 Å². The minimum absolute atomic E-state index is 0.0621. The first-order chi connectivity index (χ1) is 33.0. The summed E-state index contributed by atoms with van der Waals surface area (Å²) in [7, 11) is 0. The third-order valence-corrected chi connectivity index (χ3v) is 13.2. The molecule has 0 fully saturated rings. The molecule has 0 aliphatic carbocycles. The first-order valence-corrected chi connectivity index (χ1v) is 29.1. The summed E-state index contributed by atoms with van der Waals surface area (Å²) >= 11 is 0. The quantitative estimate of drug-likeness (QED) is 0.0321. The predicted octanol–water partition coefficient (Wildman–Crippen LogP) is 18.0. The summed E-state index contributed by atoms with van der Waals surface area (Å²) in [4.78, 5) is 26.3. The van der Waals surface area contributed by atoms with Crippen LogP contribution in [-0.4, -0.2) is 46.9 Å². The summed E-state index contributed by atoms with van der Waals surface area (Å²) < 4.78 is 5.95. The van der Waals surface area contributed by atoms with E-state index >= 15 is 0 Å². The average Bonchev–Trinajstić information content (AvgIpc) is 3.32. The van der Waals surface area contributed by atoms with Gasteiger partial charge in [-0.15, -0.1) is 0 Å². The number of aliphatic hydroxyl groups is 2. The van der Waals surface area contributed by atoms with Crippen molar-refractivity contribution in [3.05, 3.63) is 60.8 Å². The zero-order valence-electron chi connectivity index (χ0n) is 44.5. The second-order valence-corrected chi connectivity index (χ2v) is 19.8. The monoisotopic (exact) mass is 938 g/mol. The van der Waals surface area contributed by atoms with Crippen LogP contribution in [0.2, 0.25) is 0 Å². The Morgan fingerprint density at radius 2 is 0.806 bits per heavy atom. The molecule has 6 heteroatoms. The number of carbonyl (C=O) groups is 2. The van der Waals surface area contributed by atoms with Crippen LogP contribution >= 0.6 is 0 Å². The lowest BCUT2D eigenvalue weighted by atomic mass is 10.0. The lowest BCUT2D eigenvalue weighted by molar-refractivity contribution is -0.151. The first-order valence-electron chi connectivity index (χ1n) is 29.1. The van der Waals surface area contributed by atoms with Crippen molar-refractivity contribution in [1.82, 2.24) is 5.32 Å². The molecule has 0 aliphatic rings. The van der Waals surface area contributed by atoms with E-state index in [1.807, 2.05) is 36.5 Å². The van der Waals surface area contributed by atoms with Crippen molar-refractivity contribution in [3.63, 3.8) is 0 Å². The van der Waals surface area contributed by atoms with Crippen molar-refractivity contribution in [3.8, 4) is 0 Å². The van der Waals surface area contributed by atoms with Crippen LogP contribution < -0.4 is 5.32 Å². The van der Waals surface area contributed by atoms with Gasteiger partial charge in [-0.3, -0.25) is 9.59 Å². The van der Waals surface area contributed by atoms with Crippen LogP contribution in [0.3, 0.4) is 0 Å². The molecule has 0 heterocycles. The maximum absolute atomic E-state index is 13.3. The smallest absolute Gasteiger partial charge is 0.306 e. The van der Waals surface area contributed by atoms with Crippen molar-refractivity contribution < 1.29 is 24.5 Å². The molecule has 0 aromatic heterocycles. The van der Waals surface area contributed by atoms with Crippen LogP contribution in [0, 0.1) is 0 Å². The molecule has 6 nitrogen and oxygen atoms in total. The number of unbranched alkanes of at least 4 members (excludes halogenated alkanes) is 34. The minimum atomic E-state index is -0.796. The second-order valence-electron chi connectivity index (χ2n) is 19.8. The van der Waals surface area contributed by atoms with E-state index in [2.05, 4.69) is 50.4 Å². The normalized spacial score (nSPS) is 13.6. The van der Waals surface area contributed by atoms with Crippen LogP contribution in [0.4, 0.5) is 0 Å². The Balaban J connectivity index is 4.59. The molecule has 1 amide bonds. The number of rotatable bonds is 52. The maximum Gasteiger partial charge on any atom is 0.306 e. The summed E-state index contributed by atoms with van der Waals surface area (Å²) in [6.45, 7) is 6.37. The van der Waals surface area contributed by atoms with Gasteiger partial charge in [-0.05, 0) is 44.9 Å². The Bertz CT molecular complexity index is 1190. The van der Waals surface area contributed by atoms with Crippen molar-refractivity contribution in [2.24, 2.45) is 0 Å². The molecule has 390 valence electrons. The van der Waals surface area contributed by atoms with E-state index in [-0.39, 0.29) is 24.9 Å². The van der Waals surface area contributed by atoms with Crippen LogP contribution in [0.1, 0.15) is 290 Å². The van der Waals surface area contributed by atoms with Gasteiger partial charge in [0.15, 0.2) is 0 Å². The predicted molar refractivity (Wildman–Crippen MR) is 292 cm³/mol. The molecule has 0 saturated carbocycles. The molecule has 0 spiro atoms. The summed E-state index contributed by atoms with van der Waals surface area (Å²) in [5.41, 5.74) is 0. The van der Waals surface area contributed by atoms with Crippen molar-refractivity contribution in [1.29, 1.82) is 0 Å². The summed E-state index contributed by atoms with van der Waals surface area (Å²) in [6.07, 6.45) is 68.6. The largest absolute Gasteiger partial charge is 0.462 e. The minimum Gasteiger partial charge on any atom is -0.462 e. The number of allylic oxidation sites excluding steroid dienone is 10. The standard InChI is InChI=1S/C61H111NO5/c1-4-7-10-13-16-19-22-25-28-30-32-34-37-40-43-46-49-52-57(67-61(66)54-51-48-45-42-39-36-31-27-24-21-18-15-12-9-6-3)55-60(65)62-58(56-63)59(64)53-50-47-44-41-38-35-33-29-26-23-20-17-14-11-8-5-2/h9,12,15,18,21,24,27,31,36,39,57-59,63-64H,4-8,10-11,13-14,16-17,19-20,22-23,25-26,28-30,32-35,37-38,40-56H2,1-3H3,(H,62,65)/b12-9+,18-15+,24-21-,31-27-,39-36+. The van der Waals surface area contributed by atoms with Gasteiger partial charge >= 0.3 is 5.97 Å². The van der Waals surface area contributed by atoms with Crippen LogP contribution in [0.5, 0.6) is 0 Å². The Hall–Kier alpha value is -2.44. The number of carbonyl (C=O) groups excluding carboxylic acids is 2. The molecule has 0 saturated heterocycles. The Morgan fingerprint density at radius 1 is 0.448 bits per heavy atom. The van der Waals surface area contributed by atoms with Crippen LogP contribution in [0.25, 0.3) is 0 Å². The van der Waals surface area contributed by atoms with Gasteiger partial charge < -0.3 is 20.3 Å². The number of hydrogen-bond donors (Lipinski definition) is 3. The van der Waals surface area contributed by atoms with Crippen LogP contribution in [0.15, 0.2) is 60.8 Å². The fourth-order valence-electron chi connectivity index (χ4n) is 8.87. The highest BCUT2D eigenvalue weighted by Gasteiger charge is 2.24. The number of nitrogens with one attached hydrogen (secondary N) is 1. The number of aliphatic hydroxyl groups excluding tert-OH is 2. The maximum atomic E-state index is 13.3. The number of hydrogen-bond acceptors (Lipinski definition) is 5. The fourth-order valence-corrected chi connectivity index (χ4v) is 8.87. The second kappa shape index (κ2) is 54.5. The highest BCUT2D eigenvalue weighted by atomic mass is 16.5. The van der Waals surface area contributed by atoms with Gasteiger partial charge in [0.05, 0.1) is 25.2 Å². The molecule has 3 atom stereocenters. The summed E-state index contributed by atoms with van der Waals surface area (Å²) in [5, 5.41) is 23.9. The number of ether oxygens (including phenoxy) is 1. The van der Waals surface area contributed by atoms with Crippen LogP contribution in [-0.2, 0) is 14.3 Å². The van der Waals surface area contributed by atoms with E-state index in [1.165, 1.54) is 173 Å². The molecule has 0 aromatic carbocycles. The van der Waals surface area contributed by atoms with Gasteiger partial charge in [0.25, 0.3) is 0 Å². The van der Waals surface area contributed by atoms with Gasteiger partial charge in [0.2, 0.25) is 5.91 Å². The highest BCUT2D eigenvalue weighted by Crippen LogP contribution is 2.19. The lowest BCUT2D eigenvalue weighted by Gasteiger charge is -2.24. The van der Waals surface area contributed by atoms with E-state index in [9.17, 15) is 19.8 Å². The molecule has 3 N–H and O–H groups in total. The summed E-state index contributed by atoms with van der Waals surface area (Å²) in [6, 6.07) is -0.711. The first kappa shape index (κ1) is 64.6. The molecule has 0 aromatic rings. The molecule has 0 rings (SSSR count).